The molecule has 33 heavy (non-hydrogen) atoms. The van der Waals surface area contributed by atoms with Crippen LogP contribution in [0, 0.1) is 5.82 Å². The van der Waals surface area contributed by atoms with Gasteiger partial charge in [-0.25, -0.2) is 12.8 Å². The predicted octanol–water partition coefficient (Wildman–Crippen LogP) is 4.72. The number of benzene rings is 2. The third-order valence-corrected chi connectivity index (χ3v) is 8.58. The maximum absolute atomic E-state index is 14.3. The van der Waals surface area contributed by atoms with Crippen LogP contribution in [0.2, 0.25) is 0 Å². The van der Waals surface area contributed by atoms with Gasteiger partial charge < -0.3 is 5.32 Å². The van der Waals surface area contributed by atoms with Gasteiger partial charge in [0, 0.05) is 36.8 Å². The quantitative estimate of drug-likeness (QED) is 0.410. The van der Waals surface area contributed by atoms with Crippen molar-refractivity contribution in [2.24, 2.45) is 7.05 Å². The van der Waals surface area contributed by atoms with Crippen LogP contribution in [-0.2, 0) is 17.1 Å². The Bertz CT molecular complexity index is 1420. The molecule has 1 N–H and O–H groups in total. The molecule has 0 fully saturated rings. The number of anilines is 1. The van der Waals surface area contributed by atoms with Crippen LogP contribution >= 0.6 is 11.3 Å². The molecular formula is C23H23FN4O3S2. The summed E-state index contributed by atoms with van der Waals surface area (Å²) in [5.74, 6) is -0.718. The van der Waals surface area contributed by atoms with Crippen molar-refractivity contribution in [3.8, 4) is 11.3 Å². The molecule has 1 amide bonds. The zero-order valence-corrected chi connectivity index (χ0v) is 20.0. The second-order valence-corrected chi connectivity index (χ2v) is 10.3. The summed E-state index contributed by atoms with van der Waals surface area (Å²) in [4.78, 5) is 14.2. The summed E-state index contributed by atoms with van der Waals surface area (Å²) in [6.45, 7) is 4.33. The number of carbonyl (C=O) groups excluding carboxylic acids is 1. The Morgan fingerprint density at radius 2 is 1.79 bits per heavy atom. The zero-order valence-electron chi connectivity index (χ0n) is 18.4. The molecule has 0 unspecified atom stereocenters. The minimum absolute atomic E-state index is 0.173. The third kappa shape index (κ3) is 4.29. The molecule has 0 atom stereocenters. The Morgan fingerprint density at radius 3 is 2.42 bits per heavy atom. The molecule has 0 saturated heterocycles. The Morgan fingerprint density at radius 1 is 1.12 bits per heavy atom. The average molecular weight is 487 g/mol. The Kier molecular flexibility index (Phi) is 6.33. The SMILES string of the molecule is CCN(CC)S(=O)(=O)c1ccc(NC(=O)c2cc3c(-c4ccccc4F)nn(C)c3s2)cc1. The maximum Gasteiger partial charge on any atom is 0.265 e. The Hall–Kier alpha value is -3.08. The lowest BCUT2D eigenvalue weighted by Gasteiger charge is -2.18. The van der Waals surface area contributed by atoms with Crippen LogP contribution in [0.3, 0.4) is 0 Å². The highest BCUT2D eigenvalue weighted by atomic mass is 32.2. The summed E-state index contributed by atoms with van der Waals surface area (Å²) in [5, 5.41) is 7.91. The highest BCUT2D eigenvalue weighted by Crippen LogP contribution is 2.35. The van der Waals surface area contributed by atoms with Gasteiger partial charge >= 0.3 is 0 Å². The monoisotopic (exact) mass is 486 g/mol. The number of aromatic nitrogens is 2. The van der Waals surface area contributed by atoms with E-state index in [0.717, 1.165) is 4.83 Å². The summed E-state index contributed by atoms with van der Waals surface area (Å²) < 4.78 is 42.6. The lowest BCUT2D eigenvalue weighted by atomic mass is 10.1. The molecule has 0 aliphatic carbocycles. The van der Waals surface area contributed by atoms with Gasteiger partial charge in [-0.1, -0.05) is 26.0 Å². The van der Waals surface area contributed by atoms with Crippen LogP contribution in [0.1, 0.15) is 23.5 Å². The number of fused-ring (bicyclic) bond motifs is 1. The molecule has 0 aliphatic rings. The van der Waals surface area contributed by atoms with E-state index < -0.39 is 10.0 Å². The van der Waals surface area contributed by atoms with E-state index in [4.69, 9.17) is 0 Å². The molecule has 0 aliphatic heterocycles. The van der Waals surface area contributed by atoms with E-state index in [2.05, 4.69) is 10.4 Å². The molecule has 2 aromatic heterocycles. The van der Waals surface area contributed by atoms with Crippen molar-refractivity contribution in [1.82, 2.24) is 14.1 Å². The van der Waals surface area contributed by atoms with E-state index in [1.54, 1.807) is 62.0 Å². The van der Waals surface area contributed by atoms with Gasteiger partial charge in [-0.2, -0.15) is 9.40 Å². The molecule has 7 nitrogen and oxygen atoms in total. The molecule has 0 radical (unpaired) electrons. The predicted molar refractivity (Wildman–Crippen MR) is 128 cm³/mol. The third-order valence-electron chi connectivity index (χ3n) is 5.32. The molecule has 2 heterocycles. The Balaban J connectivity index is 1.59. The average Bonchev–Trinajstić information content (AvgIpc) is 3.36. The van der Waals surface area contributed by atoms with E-state index in [1.165, 1.54) is 33.8 Å². The highest BCUT2D eigenvalue weighted by Gasteiger charge is 2.22. The largest absolute Gasteiger partial charge is 0.321 e. The van der Waals surface area contributed by atoms with Crippen molar-refractivity contribution in [3.05, 3.63) is 65.3 Å². The van der Waals surface area contributed by atoms with Crippen molar-refractivity contribution < 1.29 is 17.6 Å². The highest BCUT2D eigenvalue weighted by molar-refractivity contribution is 7.89. The number of nitrogens with one attached hydrogen (secondary N) is 1. The first-order chi connectivity index (χ1) is 15.8. The molecule has 0 bridgehead atoms. The van der Waals surface area contributed by atoms with Crippen molar-refractivity contribution in [1.29, 1.82) is 0 Å². The van der Waals surface area contributed by atoms with Gasteiger partial charge in [0.25, 0.3) is 5.91 Å². The first-order valence-electron chi connectivity index (χ1n) is 10.4. The van der Waals surface area contributed by atoms with E-state index >= 15 is 0 Å². The topological polar surface area (TPSA) is 84.3 Å². The van der Waals surface area contributed by atoms with Crippen LogP contribution in [0.25, 0.3) is 21.5 Å². The van der Waals surface area contributed by atoms with Gasteiger partial charge in [0.15, 0.2) is 0 Å². The molecule has 0 saturated carbocycles. The van der Waals surface area contributed by atoms with Crippen molar-refractivity contribution in [2.45, 2.75) is 18.7 Å². The summed E-state index contributed by atoms with van der Waals surface area (Å²) in [6.07, 6.45) is 0. The molecule has 2 aromatic carbocycles. The van der Waals surface area contributed by atoms with Crippen LogP contribution in [0.5, 0.6) is 0 Å². The van der Waals surface area contributed by atoms with Crippen molar-refractivity contribution in [3.63, 3.8) is 0 Å². The smallest absolute Gasteiger partial charge is 0.265 e. The minimum Gasteiger partial charge on any atom is -0.321 e. The second-order valence-electron chi connectivity index (χ2n) is 7.35. The van der Waals surface area contributed by atoms with Gasteiger partial charge in [0.05, 0.1) is 9.77 Å². The maximum atomic E-state index is 14.3. The van der Waals surface area contributed by atoms with Crippen molar-refractivity contribution in [2.75, 3.05) is 18.4 Å². The molecule has 4 aromatic rings. The molecule has 10 heteroatoms. The van der Waals surface area contributed by atoms with E-state index in [1.807, 2.05) is 0 Å². The number of halogens is 1. The lowest BCUT2D eigenvalue weighted by molar-refractivity contribution is 0.103. The normalized spacial score (nSPS) is 11.9. The van der Waals surface area contributed by atoms with E-state index in [0.29, 0.717) is 40.3 Å². The van der Waals surface area contributed by atoms with Crippen LogP contribution < -0.4 is 5.32 Å². The fourth-order valence-electron chi connectivity index (χ4n) is 3.62. The second kappa shape index (κ2) is 9.05. The first-order valence-corrected chi connectivity index (χ1v) is 12.6. The number of nitrogens with zero attached hydrogens (tertiary/aromatic N) is 3. The molecule has 4 rings (SSSR count). The summed E-state index contributed by atoms with van der Waals surface area (Å²) >= 11 is 1.25. The number of hydrogen-bond donors (Lipinski definition) is 1. The van der Waals surface area contributed by atoms with Gasteiger partial charge in [0.2, 0.25) is 10.0 Å². The van der Waals surface area contributed by atoms with Crippen LogP contribution in [-0.4, -0.2) is 41.5 Å². The summed E-state index contributed by atoms with van der Waals surface area (Å²) in [6, 6.07) is 14.2. The number of amides is 1. The standard InChI is InChI=1S/C23H23FN4O3S2/c1-4-28(5-2)33(30,31)16-12-10-15(11-13-16)25-22(29)20-14-18-21(26-27(3)23(18)32-20)17-8-6-7-9-19(17)24/h6-14H,4-5H2,1-3H3,(H,25,29). The van der Waals surface area contributed by atoms with Crippen LogP contribution in [0.15, 0.2) is 59.5 Å². The number of aryl methyl sites for hydroxylation is 1. The number of thiophene rings is 1. The molecule has 0 spiro atoms. The van der Waals surface area contributed by atoms with E-state index in [9.17, 15) is 17.6 Å². The summed E-state index contributed by atoms with van der Waals surface area (Å²) in [5.41, 5.74) is 1.33. The fraction of sp³-hybridized carbons (Fsp3) is 0.217. The van der Waals surface area contributed by atoms with Gasteiger partial charge in [-0.05, 0) is 42.5 Å². The zero-order chi connectivity index (χ0) is 23.8. The van der Waals surface area contributed by atoms with Gasteiger partial charge in [-0.15, -0.1) is 11.3 Å². The van der Waals surface area contributed by atoms with Gasteiger partial charge in [-0.3, -0.25) is 9.48 Å². The summed E-state index contributed by atoms with van der Waals surface area (Å²) in [7, 11) is -1.82. The van der Waals surface area contributed by atoms with E-state index in [-0.39, 0.29) is 16.6 Å². The number of sulfonamides is 1. The Labute approximate surface area is 195 Å². The fourth-order valence-corrected chi connectivity index (χ4v) is 6.05. The number of rotatable bonds is 7. The van der Waals surface area contributed by atoms with Crippen LogP contribution in [0.4, 0.5) is 10.1 Å². The first kappa shape index (κ1) is 23.1. The number of carbonyl (C=O) groups is 1. The molecule has 172 valence electrons. The lowest BCUT2D eigenvalue weighted by Crippen LogP contribution is -2.30. The minimum atomic E-state index is -3.57. The van der Waals surface area contributed by atoms with Crippen molar-refractivity contribution >= 4 is 43.2 Å². The number of hydrogen-bond acceptors (Lipinski definition) is 5. The van der Waals surface area contributed by atoms with Gasteiger partial charge in [0.1, 0.15) is 16.3 Å². The molecular weight excluding hydrogens is 463 g/mol.